The summed E-state index contributed by atoms with van der Waals surface area (Å²) in [7, 11) is -0.560. The fourth-order valence-electron chi connectivity index (χ4n) is 4.48. The maximum absolute atomic E-state index is 11.3. The Morgan fingerprint density at radius 3 is 1.07 bits per heavy atom. The highest BCUT2D eigenvalue weighted by molar-refractivity contribution is 7.60. The molecule has 0 aliphatic rings. The van der Waals surface area contributed by atoms with Gasteiger partial charge in [-0.1, -0.05) is 117 Å². The Hall–Kier alpha value is -0.120. The van der Waals surface area contributed by atoms with Gasteiger partial charge in [0, 0.05) is 0 Å². The van der Waals surface area contributed by atoms with Crippen molar-refractivity contribution in [3.63, 3.8) is 0 Å². The molecular formula is C25H46OP2. The molecule has 0 unspecified atom stereocenters. The van der Waals surface area contributed by atoms with Gasteiger partial charge in [0.2, 0.25) is 0 Å². The largest absolute Gasteiger partial charge is 0.507 e. The molecule has 1 aromatic rings. The highest BCUT2D eigenvalue weighted by Gasteiger charge is 2.37. The Bertz CT molecular complexity index is 581. The summed E-state index contributed by atoms with van der Waals surface area (Å²) in [4.78, 5) is 0. The molecule has 0 atom stereocenters. The van der Waals surface area contributed by atoms with Gasteiger partial charge >= 0.3 is 0 Å². The van der Waals surface area contributed by atoms with Gasteiger partial charge in [-0.3, -0.25) is 0 Å². The van der Waals surface area contributed by atoms with Crippen molar-refractivity contribution in [2.45, 2.75) is 123 Å². The van der Waals surface area contributed by atoms with Crippen LogP contribution < -0.4 is 0 Å². The number of phenolic OH excluding ortho intramolecular Hbond substituents is 1. The van der Waals surface area contributed by atoms with E-state index < -0.39 is 0 Å². The molecule has 0 aliphatic carbocycles. The van der Waals surface area contributed by atoms with E-state index in [0.717, 1.165) is 23.5 Å². The van der Waals surface area contributed by atoms with Crippen LogP contribution in [0.25, 0.3) is 0 Å². The number of phenols is 1. The molecule has 0 radical (unpaired) electrons. The minimum Gasteiger partial charge on any atom is -0.507 e. The first-order chi connectivity index (χ1) is 12.2. The summed E-state index contributed by atoms with van der Waals surface area (Å²) in [5.41, 5.74) is 3.59. The topological polar surface area (TPSA) is 20.2 Å². The van der Waals surface area contributed by atoms with Crippen molar-refractivity contribution in [3.05, 3.63) is 28.8 Å². The van der Waals surface area contributed by atoms with Gasteiger partial charge in [0.05, 0.1) is 0 Å². The van der Waals surface area contributed by atoms with Gasteiger partial charge in [-0.25, -0.2) is 0 Å². The number of aryl methyl sites for hydroxylation is 1. The van der Waals surface area contributed by atoms with Gasteiger partial charge < -0.3 is 5.11 Å². The average Bonchev–Trinajstić information content (AvgIpc) is 2.40. The fraction of sp³-hybridized carbons (Fsp3) is 0.760. The van der Waals surface area contributed by atoms with Crippen molar-refractivity contribution in [1.82, 2.24) is 0 Å². The molecule has 1 rings (SSSR count). The third-order valence-corrected chi connectivity index (χ3v) is 13.1. The zero-order chi connectivity index (χ0) is 22.3. The molecule has 0 spiro atoms. The van der Waals surface area contributed by atoms with E-state index in [-0.39, 0.29) is 36.5 Å². The third kappa shape index (κ3) is 6.99. The molecule has 3 heteroatoms. The van der Waals surface area contributed by atoms with E-state index in [1.54, 1.807) is 0 Å². The Labute approximate surface area is 178 Å². The van der Waals surface area contributed by atoms with Gasteiger partial charge in [0.1, 0.15) is 5.75 Å². The van der Waals surface area contributed by atoms with Crippen LogP contribution in [0, 0.1) is 6.92 Å². The van der Waals surface area contributed by atoms with E-state index in [4.69, 9.17) is 0 Å². The smallest absolute Gasteiger partial charge is 0.122 e. The molecule has 1 aromatic carbocycles. The number of aromatic hydroxyl groups is 1. The van der Waals surface area contributed by atoms with Crippen LogP contribution in [0.5, 0.6) is 5.75 Å². The van der Waals surface area contributed by atoms with Gasteiger partial charge in [0.25, 0.3) is 0 Å². The Morgan fingerprint density at radius 2 is 0.857 bits per heavy atom. The summed E-state index contributed by atoms with van der Waals surface area (Å²) >= 11 is 0. The second kappa shape index (κ2) is 8.55. The standard InChI is InChI=1S/C25H46OP2/c1-18-14-19(16-27(22(2,3)4)23(5,6)7)21(26)20(15-18)17-28(24(8,9)10)25(11,12)13/h14-15,26H,16-17H2,1-13H3. The lowest BCUT2D eigenvalue weighted by Crippen LogP contribution is -2.26. The summed E-state index contributed by atoms with van der Waals surface area (Å²) < 4.78 is 0. The SMILES string of the molecule is Cc1cc(CP(C(C)(C)C)C(C)(C)C)c(O)c(CP(C(C)(C)C)C(C)(C)C)c1. The van der Waals surface area contributed by atoms with Crippen LogP contribution in [0.1, 0.15) is 99.8 Å². The summed E-state index contributed by atoms with van der Waals surface area (Å²) in [6, 6.07) is 4.45. The minimum atomic E-state index is -0.280. The lowest BCUT2D eigenvalue weighted by Gasteiger charge is -2.43. The molecule has 0 saturated heterocycles. The number of hydrogen-bond donors (Lipinski definition) is 1. The van der Waals surface area contributed by atoms with Gasteiger partial charge in [-0.2, -0.15) is 0 Å². The molecular weight excluding hydrogens is 378 g/mol. The van der Waals surface area contributed by atoms with Crippen LogP contribution >= 0.6 is 15.8 Å². The monoisotopic (exact) mass is 424 g/mol. The molecule has 162 valence electrons. The lowest BCUT2D eigenvalue weighted by atomic mass is 10.1. The van der Waals surface area contributed by atoms with E-state index in [1.165, 1.54) is 5.56 Å². The second-order valence-electron chi connectivity index (χ2n) is 12.3. The summed E-state index contributed by atoms with van der Waals surface area (Å²) in [5.74, 6) is 0.563. The van der Waals surface area contributed by atoms with Crippen molar-refractivity contribution in [3.8, 4) is 5.75 Å². The first-order valence-electron chi connectivity index (χ1n) is 10.6. The molecule has 0 amide bonds. The number of hydrogen-bond acceptors (Lipinski definition) is 1. The zero-order valence-electron chi connectivity index (χ0n) is 20.9. The van der Waals surface area contributed by atoms with Crippen molar-refractivity contribution in [2.24, 2.45) is 0 Å². The van der Waals surface area contributed by atoms with Crippen LogP contribution in [-0.4, -0.2) is 25.7 Å². The van der Waals surface area contributed by atoms with Gasteiger partial charge in [-0.05, 0) is 51.0 Å². The molecule has 28 heavy (non-hydrogen) atoms. The van der Waals surface area contributed by atoms with Crippen LogP contribution in [0.2, 0.25) is 0 Å². The van der Waals surface area contributed by atoms with Crippen molar-refractivity contribution >= 4 is 15.8 Å². The Balaban J connectivity index is 3.39. The quantitative estimate of drug-likeness (QED) is 0.479. The van der Waals surface area contributed by atoms with E-state index in [1.807, 2.05) is 0 Å². The molecule has 0 aliphatic heterocycles. The number of benzene rings is 1. The van der Waals surface area contributed by atoms with Crippen molar-refractivity contribution < 1.29 is 5.11 Å². The summed E-state index contributed by atoms with van der Waals surface area (Å²) in [5, 5.41) is 12.3. The molecule has 0 aromatic heterocycles. The highest BCUT2D eigenvalue weighted by atomic mass is 31.1. The summed E-state index contributed by atoms with van der Waals surface area (Å²) in [6.45, 7) is 30.5. The fourth-order valence-corrected chi connectivity index (χ4v) is 11.6. The Kier molecular flexibility index (Phi) is 7.92. The lowest BCUT2D eigenvalue weighted by molar-refractivity contribution is 0.465. The van der Waals surface area contributed by atoms with Crippen LogP contribution in [0.3, 0.4) is 0 Å². The number of rotatable bonds is 4. The van der Waals surface area contributed by atoms with Gasteiger partial charge in [-0.15, -0.1) is 0 Å². The molecule has 0 fully saturated rings. The van der Waals surface area contributed by atoms with Gasteiger partial charge in [0.15, 0.2) is 0 Å². The molecule has 1 nitrogen and oxygen atoms in total. The first-order valence-corrected chi connectivity index (χ1v) is 13.7. The van der Waals surface area contributed by atoms with Crippen molar-refractivity contribution in [1.29, 1.82) is 0 Å². The second-order valence-corrected chi connectivity index (χ2v) is 20.0. The third-order valence-electron chi connectivity index (χ3n) is 5.31. The maximum atomic E-state index is 11.3. The molecule has 1 N–H and O–H groups in total. The minimum absolute atomic E-state index is 0.257. The Morgan fingerprint density at radius 1 is 0.607 bits per heavy atom. The van der Waals surface area contributed by atoms with E-state index in [2.05, 4.69) is 102 Å². The van der Waals surface area contributed by atoms with Crippen molar-refractivity contribution in [2.75, 3.05) is 0 Å². The zero-order valence-corrected chi connectivity index (χ0v) is 22.7. The molecule has 0 saturated carbocycles. The van der Waals surface area contributed by atoms with E-state index in [9.17, 15) is 5.11 Å². The predicted molar refractivity (Wildman–Crippen MR) is 133 cm³/mol. The maximum Gasteiger partial charge on any atom is 0.122 e. The molecule has 0 heterocycles. The highest BCUT2D eigenvalue weighted by Crippen LogP contribution is 2.64. The first kappa shape index (κ1) is 25.9. The van der Waals surface area contributed by atoms with Crippen LogP contribution in [0.4, 0.5) is 0 Å². The summed E-state index contributed by atoms with van der Waals surface area (Å²) in [6.07, 6.45) is 1.98. The predicted octanol–water partition coefficient (Wildman–Crippen LogP) is 8.86. The van der Waals surface area contributed by atoms with E-state index in [0.29, 0.717) is 5.75 Å². The normalized spacial score (nSPS) is 14.2. The molecule has 0 bridgehead atoms. The average molecular weight is 425 g/mol. The van der Waals surface area contributed by atoms with Crippen LogP contribution in [-0.2, 0) is 12.3 Å². The van der Waals surface area contributed by atoms with E-state index >= 15 is 0 Å². The van der Waals surface area contributed by atoms with Crippen LogP contribution in [0.15, 0.2) is 12.1 Å².